The molecule has 4 saturated carbocycles. The van der Waals surface area contributed by atoms with E-state index in [1.165, 1.54) is 0 Å². The third kappa shape index (κ3) is 4.23. The van der Waals surface area contributed by atoms with E-state index in [0.29, 0.717) is 18.8 Å². The van der Waals surface area contributed by atoms with Gasteiger partial charge in [0.05, 0.1) is 12.2 Å². The molecule has 0 bridgehead atoms. The van der Waals surface area contributed by atoms with Crippen LogP contribution in [-0.4, -0.2) is 45.5 Å². The molecule has 0 radical (unpaired) electrons. The molecule has 10 atom stereocenters. The van der Waals surface area contributed by atoms with Crippen LogP contribution in [0.15, 0.2) is 0 Å². The van der Waals surface area contributed by atoms with Crippen molar-refractivity contribution < 1.29 is 41.7 Å². The molecule has 4 rings (SSSR count). The number of hydrogen-bond donors (Lipinski definition) is 3. The van der Waals surface area contributed by atoms with Gasteiger partial charge in [-0.3, -0.25) is 0 Å². The third-order valence-electron chi connectivity index (χ3n) is 11.3. The lowest BCUT2D eigenvalue weighted by molar-refractivity contribution is -0.370. The summed E-state index contributed by atoms with van der Waals surface area (Å²) in [5, 5.41) is 30.9. The van der Waals surface area contributed by atoms with Gasteiger partial charge in [0.2, 0.25) is 0 Å². The van der Waals surface area contributed by atoms with Crippen molar-refractivity contribution in [3.63, 3.8) is 0 Å². The molecule has 9 heteroatoms. The normalized spacial score (nSPS) is 45.4. The first-order valence-corrected chi connectivity index (χ1v) is 13.2. The van der Waals surface area contributed by atoms with Gasteiger partial charge in [-0.25, -0.2) is 0 Å². The number of aliphatic hydroxyl groups excluding tert-OH is 2. The molecule has 3 nitrogen and oxygen atoms in total. The van der Waals surface area contributed by atoms with Gasteiger partial charge in [0.15, 0.2) is 0 Å². The Morgan fingerprint density at radius 2 is 1.37 bits per heavy atom. The number of fused-ring (bicyclic) bond motifs is 5. The van der Waals surface area contributed by atoms with Crippen molar-refractivity contribution >= 4 is 0 Å². The van der Waals surface area contributed by atoms with Crippen LogP contribution >= 0.6 is 0 Å². The molecule has 0 amide bonds. The summed E-state index contributed by atoms with van der Waals surface area (Å²) in [7, 11) is 0. The average Bonchev–Trinajstić information content (AvgIpc) is 3.09. The zero-order valence-electron chi connectivity index (χ0n) is 20.8. The van der Waals surface area contributed by atoms with E-state index in [2.05, 4.69) is 13.8 Å². The first-order valence-electron chi connectivity index (χ1n) is 13.2. The Balaban J connectivity index is 1.50. The average molecular weight is 515 g/mol. The Kier molecular flexibility index (Phi) is 6.88. The van der Waals surface area contributed by atoms with Crippen molar-refractivity contribution in [2.45, 2.75) is 115 Å². The van der Waals surface area contributed by atoms with Crippen molar-refractivity contribution in [2.75, 3.05) is 0 Å². The molecule has 0 aliphatic heterocycles. The molecule has 10 unspecified atom stereocenters. The van der Waals surface area contributed by atoms with Crippen LogP contribution < -0.4 is 0 Å². The molecular formula is C26H40F6O3. The van der Waals surface area contributed by atoms with Gasteiger partial charge >= 0.3 is 12.4 Å². The predicted molar refractivity (Wildman–Crippen MR) is 118 cm³/mol. The van der Waals surface area contributed by atoms with Gasteiger partial charge in [-0.1, -0.05) is 20.8 Å². The molecule has 4 aliphatic carbocycles. The molecule has 204 valence electrons. The molecule has 4 fully saturated rings. The van der Waals surface area contributed by atoms with E-state index < -0.39 is 30.5 Å². The first kappa shape index (κ1) is 27.5. The van der Waals surface area contributed by atoms with Crippen LogP contribution in [0.1, 0.15) is 85.0 Å². The SMILES string of the molecule is CC(CCC(O)(C(F)(F)F)C(F)(F)F)C1CCC2C3CC(O)C4CC(O)CCC4(C)C3CCC12C. The van der Waals surface area contributed by atoms with Crippen LogP contribution in [0.4, 0.5) is 26.3 Å². The molecular weight excluding hydrogens is 474 g/mol. The van der Waals surface area contributed by atoms with Crippen LogP contribution in [0.5, 0.6) is 0 Å². The zero-order valence-corrected chi connectivity index (χ0v) is 20.8. The van der Waals surface area contributed by atoms with Gasteiger partial charge in [0.25, 0.3) is 5.60 Å². The van der Waals surface area contributed by atoms with Crippen molar-refractivity contribution in [1.29, 1.82) is 0 Å². The maximum absolute atomic E-state index is 13.2. The van der Waals surface area contributed by atoms with E-state index in [1.54, 1.807) is 6.92 Å². The van der Waals surface area contributed by atoms with Gasteiger partial charge in [0, 0.05) is 0 Å². The van der Waals surface area contributed by atoms with E-state index in [-0.39, 0.29) is 52.9 Å². The summed E-state index contributed by atoms with van der Waals surface area (Å²) >= 11 is 0. The summed E-state index contributed by atoms with van der Waals surface area (Å²) in [5.74, 6) is 0.623. The summed E-state index contributed by atoms with van der Waals surface area (Å²) in [6.45, 7) is 6.12. The topological polar surface area (TPSA) is 60.7 Å². The van der Waals surface area contributed by atoms with Gasteiger partial charge in [-0.15, -0.1) is 0 Å². The van der Waals surface area contributed by atoms with Crippen molar-refractivity contribution in [1.82, 2.24) is 0 Å². The molecule has 0 heterocycles. The van der Waals surface area contributed by atoms with Gasteiger partial charge in [-0.2, -0.15) is 26.3 Å². The van der Waals surface area contributed by atoms with Crippen molar-refractivity contribution in [3.8, 4) is 0 Å². The molecule has 0 aromatic rings. The van der Waals surface area contributed by atoms with Crippen LogP contribution in [0.3, 0.4) is 0 Å². The predicted octanol–water partition coefficient (Wildman–Crippen LogP) is 6.25. The van der Waals surface area contributed by atoms with Crippen LogP contribution in [-0.2, 0) is 0 Å². The molecule has 4 aliphatic rings. The van der Waals surface area contributed by atoms with E-state index >= 15 is 0 Å². The summed E-state index contributed by atoms with van der Waals surface area (Å²) in [5.41, 5.74) is -4.94. The Bertz CT molecular complexity index is 770. The second kappa shape index (κ2) is 8.75. The maximum atomic E-state index is 13.2. The Morgan fingerprint density at radius 1 is 0.800 bits per heavy atom. The van der Waals surface area contributed by atoms with Crippen LogP contribution in [0.25, 0.3) is 0 Å². The van der Waals surface area contributed by atoms with E-state index in [1.807, 2.05) is 0 Å². The van der Waals surface area contributed by atoms with Crippen LogP contribution in [0.2, 0.25) is 0 Å². The molecule has 0 aromatic heterocycles. The quantitative estimate of drug-likeness (QED) is 0.389. The van der Waals surface area contributed by atoms with Crippen molar-refractivity contribution in [3.05, 3.63) is 0 Å². The zero-order chi connectivity index (χ0) is 26.2. The van der Waals surface area contributed by atoms with E-state index in [0.717, 1.165) is 38.5 Å². The molecule has 0 saturated heterocycles. The Hall–Kier alpha value is -0.540. The van der Waals surface area contributed by atoms with E-state index in [4.69, 9.17) is 0 Å². The van der Waals surface area contributed by atoms with Crippen LogP contribution in [0, 0.1) is 46.3 Å². The largest absolute Gasteiger partial charge is 0.426 e. The summed E-state index contributed by atoms with van der Waals surface area (Å²) < 4.78 is 79.1. The standard InChI is InChI=1S/C26H40F6O3/c1-14(6-11-24(35,25(27,28)29)26(30,31)32)17-4-5-18-16-13-21(34)20-12-15(33)7-9-23(20,3)19(16)8-10-22(17,18)2/h14-21,33-35H,4-13H2,1-3H3. The van der Waals surface area contributed by atoms with Gasteiger partial charge in [0.1, 0.15) is 0 Å². The van der Waals surface area contributed by atoms with Gasteiger partial charge in [-0.05, 0) is 111 Å². The monoisotopic (exact) mass is 514 g/mol. The maximum Gasteiger partial charge on any atom is 0.426 e. The number of halogens is 6. The summed E-state index contributed by atoms with van der Waals surface area (Å²) in [4.78, 5) is 0. The molecule has 35 heavy (non-hydrogen) atoms. The fourth-order valence-corrected chi connectivity index (χ4v) is 9.34. The second-order valence-corrected chi connectivity index (χ2v) is 12.8. The Labute approximate surface area is 203 Å². The smallest absolute Gasteiger partial charge is 0.393 e. The third-order valence-corrected chi connectivity index (χ3v) is 11.3. The highest BCUT2D eigenvalue weighted by Crippen LogP contribution is 2.68. The number of rotatable bonds is 4. The lowest BCUT2D eigenvalue weighted by atomic mass is 9.43. The lowest BCUT2D eigenvalue weighted by Gasteiger charge is -2.62. The fourth-order valence-electron chi connectivity index (χ4n) is 9.34. The highest BCUT2D eigenvalue weighted by molar-refractivity contribution is 5.11. The van der Waals surface area contributed by atoms with Gasteiger partial charge < -0.3 is 15.3 Å². The van der Waals surface area contributed by atoms with E-state index in [9.17, 15) is 41.7 Å². The molecule has 0 aromatic carbocycles. The lowest BCUT2D eigenvalue weighted by Crippen LogP contribution is -2.58. The number of alkyl halides is 6. The second-order valence-electron chi connectivity index (χ2n) is 12.8. The highest BCUT2D eigenvalue weighted by atomic mass is 19.4. The minimum Gasteiger partial charge on any atom is -0.393 e. The Morgan fingerprint density at radius 3 is 1.97 bits per heavy atom. The summed E-state index contributed by atoms with van der Waals surface area (Å²) in [6.07, 6.45) is -7.87. The van der Waals surface area contributed by atoms with Crippen molar-refractivity contribution in [2.24, 2.45) is 46.3 Å². The molecule has 3 N–H and O–H groups in total. The molecule has 0 spiro atoms. The fraction of sp³-hybridized carbons (Fsp3) is 1.00. The minimum absolute atomic E-state index is 0.0185. The summed E-state index contributed by atoms with van der Waals surface area (Å²) in [6, 6.07) is 0. The minimum atomic E-state index is -5.77. The number of hydrogen-bond acceptors (Lipinski definition) is 3. The highest BCUT2D eigenvalue weighted by Gasteiger charge is 2.70. The first-order chi connectivity index (χ1) is 16.0. The number of aliphatic hydroxyl groups is 3.